The van der Waals surface area contributed by atoms with E-state index in [2.05, 4.69) is 18.8 Å². The Hall–Kier alpha value is -1.17. The smallest absolute Gasteiger partial charge is 0.218 e. The molecular weight excluding hydrogens is 284 g/mol. The van der Waals surface area contributed by atoms with Gasteiger partial charge < -0.3 is 5.32 Å². The van der Waals surface area contributed by atoms with Crippen LogP contribution in [0.15, 0.2) is 36.4 Å². The molecule has 4 nitrogen and oxygen atoms in total. The zero-order chi connectivity index (χ0) is 15.9. The van der Waals surface area contributed by atoms with Crippen LogP contribution in [0.25, 0.3) is 0 Å². The number of hydrogen-bond donors (Lipinski definition) is 1. The number of nitrogens with one attached hydrogen (secondary N) is 1. The maximum absolute atomic E-state index is 12.3. The number of likely N-dealkylation sites (N-methyl/N-ethyl adjacent to an activating group) is 1. The van der Waals surface area contributed by atoms with E-state index in [9.17, 15) is 8.42 Å². The summed E-state index contributed by atoms with van der Waals surface area (Å²) in [5.41, 5.74) is 2.76. The average molecular weight is 310 g/mol. The lowest BCUT2D eigenvalue weighted by molar-refractivity contribution is 0.492. The summed E-state index contributed by atoms with van der Waals surface area (Å²) in [5, 5.41) is 3.32. The van der Waals surface area contributed by atoms with E-state index < -0.39 is 10.0 Å². The summed E-state index contributed by atoms with van der Waals surface area (Å²) in [4.78, 5) is 0. The molecule has 0 spiro atoms. The van der Waals surface area contributed by atoms with Crippen molar-refractivity contribution in [3.8, 4) is 0 Å². The minimum Gasteiger partial charge on any atom is -0.313 e. The number of sulfonamides is 1. The van der Waals surface area contributed by atoms with Crippen molar-refractivity contribution in [3.63, 3.8) is 0 Å². The Morgan fingerprint density at radius 1 is 1.33 bits per heavy atom. The molecular formula is C16H26N2O2S. The zero-order valence-corrected chi connectivity index (χ0v) is 14.0. The molecule has 1 aromatic rings. The van der Waals surface area contributed by atoms with Crippen LogP contribution in [0.2, 0.25) is 0 Å². The van der Waals surface area contributed by atoms with Crippen molar-refractivity contribution in [2.24, 2.45) is 0 Å². The third-order valence-corrected chi connectivity index (χ3v) is 4.84. The van der Waals surface area contributed by atoms with E-state index in [1.54, 1.807) is 7.05 Å². The van der Waals surface area contributed by atoms with Gasteiger partial charge in [0.05, 0.1) is 5.75 Å². The van der Waals surface area contributed by atoms with Gasteiger partial charge in [-0.3, -0.25) is 0 Å². The molecule has 0 heterocycles. The van der Waals surface area contributed by atoms with E-state index in [1.165, 1.54) is 4.31 Å². The van der Waals surface area contributed by atoms with Crippen molar-refractivity contribution in [2.45, 2.75) is 32.6 Å². The predicted octanol–water partition coefficient (Wildman–Crippen LogP) is 2.52. The molecule has 5 heteroatoms. The van der Waals surface area contributed by atoms with Crippen LogP contribution in [0, 0.1) is 0 Å². The second-order valence-electron chi connectivity index (χ2n) is 5.47. The third-order valence-electron chi connectivity index (χ3n) is 3.06. The lowest BCUT2D eigenvalue weighted by atomic mass is 10.1. The van der Waals surface area contributed by atoms with Crippen LogP contribution < -0.4 is 5.32 Å². The van der Waals surface area contributed by atoms with E-state index in [0.717, 1.165) is 36.2 Å². The Labute approximate surface area is 128 Å². The van der Waals surface area contributed by atoms with E-state index in [4.69, 9.17) is 0 Å². The number of benzene rings is 1. The molecule has 21 heavy (non-hydrogen) atoms. The van der Waals surface area contributed by atoms with Gasteiger partial charge in [-0.15, -0.1) is 0 Å². The standard InChI is InChI=1S/C16H26N2O2S/c1-5-9-17-11-15-7-6-8-16(10-15)13-21(19,20)18(4)12-14(2)3/h6-8,10,17H,2,5,9,11-13H2,1,3-4H3. The van der Waals surface area contributed by atoms with Crippen LogP contribution >= 0.6 is 0 Å². The van der Waals surface area contributed by atoms with Gasteiger partial charge in [-0.2, -0.15) is 0 Å². The molecule has 0 aliphatic heterocycles. The summed E-state index contributed by atoms with van der Waals surface area (Å²) in [6.45, 7) is 9.79. The summed E-state index contributed by atoms with van der Waals surface area (Å²) in [6.07, 6.45) is 1.08. The van der Waals surface area contributed by atoms with Crippen molar-refractivity contribution in [1.29, 1.82) is 0 Å². The fourth-order valence-electron chi connectivity index (χ4n) is 2.04. The monoisotopic (exact) mass is 310 g/mol. The molecule has 1 aromatic carbocycles. The van der Waals surface area contributed by atoms with Gasteiger partial charge in [0.1, 0.15) is 0 Å². The molecule has 0 amide bonds. The van der Waals surface area contributed by atoms with Crippen LogP contribution in [0.1, 0.15) is 31.4 Å². The molecule has 0 atom stereocenters. The molecule has 0 aliphatic rings. The summed E-state index contributed by atoms with van der Waals surface area (Å²) in [7, 11) is -1.70. The van der Waals surface area contributed by atoms with Gasteiger partial charge in [-0.05, 0) is 31.0 Å². The second-order valence-corrected chi connectivity index (χ2v) is 7.54. The largest absolute Gasteiger partial charge is 0.313 e. The van der Waals surface area contributed by atoms with Gasteiger partial charge in [0.15, 0.2) is 0 Å². The first-order chi connectivity index (χ1) is 9.85. The molecule has 118 valence electrons. The Morgan fingerprint density at radius 2 is 2.00 bits per heavy atom. The average Bonchev–Trinajstić information content (AvgIpc) is 2.38. The van der Waals surface area contributed by atoms with Crippen LogP contribution in [0.3, 0.4) is 0 Å². The summed E-state index contributed by atoms with van der Waals surface area (Å²) in [6, 6.07) is 7.73. The fraction of sp³-hybridized carbons (Fsp3) is 0.500. The highest BCUT2D eigenvalue weighted by Gasteiger charge is 2.18. The van der Waals surface area contributed by atoms with Crippen molar-refractivity contribution in [3.05, 3.63) is 47.5 Å². The van der Waals surface area contributed by atoms with Gasteiger partial charge in [0.2, 0.25) is 10.0 Å². The first-order valence-corrected chi connectivity index (χ1v) is 8.83. The van der Waals surface area contributed by atoms with Crippen LogP contribution in [0.4, 0.5) is 0 Å². The minimum atomic E-state index is -3.30. The summed E-state index contributed by atoms with van der Waals surface area (Å²) in [5.74, 6) is 0.0262. The van der Waals surface area contributed by atoms with Crippen LogP contribution in [-0.2, 0) is 22.3 Å². The van der Waals surface area contributed by atoms with Crippen molar-refractivity contribution < 1.29 is 8.42 Å². The van der Waals surface area contributed by atoms with Crippen LogP contribution in [-0.4, -0.2) is 32.9 Å². The van der Waals surface area contributed by atoms with Gasteiger partial charge in [-0.25, -0.2) is 12.7 Å². The molecule has 0 aliphatic carbocycles. The topological polar surface area (TPSA) is 49.4 Å². The molecule has 0 saturated heterocycles. The van der Waals surface area contributed by atoms with Crippen LogP contribution in [0.5, 0.6) is 0 Å². The molecule has 0 unspecified atom stereocenters. The van der Waals surface area contributed by atoms with E-state index in [0.29, 0.717) is 6.54 Å². The van der Waals surface area contributed by atoms with Gasteiger partial charge in [0, 0.05) is 20.1 Å². The summed E-state index contributed by atoms with van der Waals surface area (Å²) >= 11 is 0. The Bertz CT molecular complexity index is 567. The molecule has 0 aromatic heterocycles. The predicted molar refractivity (Wildman–Crippen MR) is 88.5 cm³/mol. The molecule has 1 rings (SSSR count). The van der Waals surface area contributed by atoms with E-state index in [1.807, 2.05) is 31.2 Å². The zero-order valence-electron chi connectivity index (χ0n) is 13.2. The lowest BCUT2D eigenvalue weighted by Crippen LogP contribution is -2.29. The highest BCUT2D eigenvalue weighted by molar-refractivity contribution is 7.88. The first-order valence-electron chi connectivity index (χ1n) is 7.22. The molecule has 1 N–H and O–H groups in total. The fourth-order valence-corrected chi connectivity index (χ4v) is 3.28. The van der Waals surface area contributed by atoms with Crippen molar-refractivity contribution in [1.82, 2.24) is 9.62 Å². The highest BCUT2D eigenvalue weighted by Crippen LogP contribution is 2.12. The number of nitrogens with zero attached hydrogens (tertiary/aromatic N) is 1. The molecule has 0 radical (unpaired) electrons. The first kappa shape index (κ1) is 17.9. The highest BCUT2D eigenvalue weighted by atomic mass is 32.2. The molecule has 0 saturated carbocycles. The SMILES string of the molecule is C=C(C)CN(C)S(=O)(=O)Cc1cccc(CNCCC)c1. The van der Waals surface area contributed by atoms with E-state index >= 15 is 0 Å². The minimum absolute atomic E-state index is 0.0262. The van der Waals surface area contributed by atoms with E-state index in [-0.39, 0.29) is 5.75 Å². The number of rotatable bonds is 9. The molecule has 0 bridgehead atoms. The Kier molecular flexibility index (Phi) is 7.08. The Morgan fingerprint density at radius 3 is 2.62 bits per heavy atom. The third kappa shape index (κ3) is 6.42. The lowest BCUT2D eigenvalue weighted by Gasteiger charge is -2.17. The second kappa shape index (κ2) is 8.32. The van der Waals surface area contributed by atoms with Crippen molar-refractivity contribution in [2.75, 3.05) is 20.1 Å². The maximum Gasteiger partial charge on any atom is 0.218 e. The normalized spacial score (nSPS) is 11.8. The Balaban J connectivity index is 2.73. The number of hydrogen-bond acceptors (Lipinski definition) is 3. The van der Waals surface area contributed by atoms with Gasteiger partial charge in [-0.1, -0.05) is 43.3 Å². The van der Waals surface area contributed by atoms with Gasteiger partial charge >= 0.3 is 0 Å². The van der Waals surface area contributed by atoms with Crippen molar-refractivity contribution >= 4 is 10.0 Å². The maximum atomic E-state index is 12.3. The van der Waals surface area contributed by atoms with Gasteiger partial charge in [0.25, 0.3) is 0 Å². The quantitative estimate of drug-likeness (QED) is 0.563. The molecule has 0 fully saturated rings. The summed E-state index contributed by atoms with van der Waals surface area (Å²) < 4.78 is 25.9.